The first-order valence-electron chi connectivity index (χ1n) is 10.8. The average molecular weight is 465 g/mol. The number of nitrogens with zero attached hydrogens (tertiary/aromatic N) is 5. The van der Waals surface area contributed by atoms with Gasteiger partial charge in [-0.2, -0.15) is 10.2 Å². The Labute approximate surface area is 194 Å². The van der Waals surface area contributed by atoms with E-state index in [2.05, 4.69) is 30.9 Å². The lowest BCUT2D eigenvalue weighted by molar-refractivity contribution is -0.130. The molecular weight excluding hydrogens is 440 g/mol. The standard InChI is InChI=1S/C22H24N8O2S/c1-13-5-6-16-15(9-24-27-16)19(13)25-21(32)17-10-23-22(33-17)26-20-14(2)11-30(28-20)12-18(31)29-7-3-4-8-29/h5-6,9-11H,3-4,7-8,12H2,1-2H3,(H,24,27)(H,25,32)(H,23,26,28). The molecule has 4 heterocycles. The largest absolute Gasteiger partial charge is 0.341 e. The van der Waals surface area contributed by atoms with Crippen LogP contribution in [0.2, 0.25) is 0 Å². The lowest BCUT2D eigenvalue weighted by atomic mass is 10.1. The third kappa shape index (κ3) is 4.31. The Balaban J connectivity index is 1.27. The number of carbonyl (C=O) groups is 2. The number of fused-ring (bicyclic) bond motifs is 1. The zero-order valence-corrected chi connectivity index (χ0v) is 19.2. The van der Waals surface area contributed by atoms with Crippen molar-refractivity contribution in [3.8, 4) is 0 Å². The third-order valence-corrected chi connectivity index (χ3v) is 6.64. The van der Waals surface area contributed by atoms with Gasteiger partial charge in [-0.3, -0.25) is 19.4 Å². The molecule has 11 heteroatoms. The van der Waals surface area contributed by atoms with Crippen LogP contribution in [-0.2, 0) is 11.3 Å². The number of aryl methyl sites for hydroxylation is 2. The van der Waals surface area contributed by atoms with Crippen LogP contribution in [0.25, 0.3) is 10.9 Å². The lowest BCUT2D eigenvalue weighted by Crippen LogP contribution is -2.31. The molecule has 3 N–H and O–H groups in total. The maximum Gasteiger partial charge on any atom is 0.267 e. The van der Waals surface area contributed by atoms with Gasteiger partial charge in [0.1, 0.15) is 11.4 Å². The van der Waals surface area contributed by atoms with Crippen molar-refractivity contribution in [2.24, 2.45) is 0 Å². The number of anilines is 3. The number of aromatic nitrogens is 5. The van der Waals surface area contributed by atoms with E-state index in [-0.39, 0.29) is 18.4 Å². The summed E-state index contributed by atoms with van der Waals surface area (Å²) >= 11 is 1.24. The van der Waals surface area contributed by atoms with E-state index in [0.717, 1.165) is 53.6 Å². The van der Waals surface area contributed by atoms with Crippen molar-refractivity contribution in [3.05, 3.63) is 46.7 Å². The summed E-state index contributed by atoms with van der Waals surface area (Å²) in [6, 6.07) is 3.87. The molecule has 33 heavy (non-hydrogen) atoms. The van der Waals surface area contributed by atoms with E-state index in [9.17, 15) is 9.59 Å². The van der Waals surface area contributed by atoms with Gasteiger partial charge in [0, 0.05) is 30.2 Å². The van der Waals surface area contributed by atoms with Crippen molar-refractivity contribution in [2.45, 2.75) is 33.2 Å². The first-order valence-corrected chi connectivity index (χ1v) is 11.6. The first kappa shape index (κ1) is 21.1. The number of carbonyl (C=O) groups excluding carboxylic acids is 2. The Morgan fingerprint density at radius 1 is 1.15 bits per heavy atom. The number of amides is 2. The van der Waals surface area contributed by atoms with Crippen molar-refractivity contribution < 1.29 is 9.59 Å². The van der Waals surface area contributed by atoms with Gasteiger partial charge in [0.25, 0.3) is 5.91 Å². The molecule has 10 nitrogen and oxygen atoms in total. The summed E-state index contributed by atoms with van der Waals surface area (Å²) in [5.74, 6) is 0.457. The number of benzene rings is 1. The maximum atomic E-state index is 12.9. The molecule has 0 radical (unpaired) electrons. The fraction of sp³-hybridized carbons (Fsp3) is 0.318. The predicted molar refractivity (Wildman–Crippen MR) is 127 cm³/mol. The lowest BCUT2D eigenvalue weighted by Gasteiger charge is -2.14. The molecule has 2 amide bonds. The summed E-state index contributed by atoms with van der Waals surface area (Å²) in [4.78, 5) is 31.9. The maximum absolute atomic E-state index is 12.9. The SMILES string of the molecule is Cc1cn(CC(=O)N2CCCC2)nc1Nc1ncc(C(=O)Nc2c(C)ccc3[nH]ncc23)s1. The molecule has 1 fully saturated rings. The van der Waals surface area contributed by atoms with E-state index in [0.29, 0.717) is 15.8 Å². The highest BCUT2D eigenvalue weighted by Gasteiger charge is 2.20. The minimum Gasteiger partial charge on any atom is -0.341 e. The molecular formula is C22H24N8O2S. The van der Waals surface area contributed by atoms with Crippen LogP contribution in [0.15, 0.2) is 30.7 Å². The van der Waals surface area contributed by atoms with E-state index in [1.165, 1.54) is 17.5 Å². The van der Waals surface area contributed by atoms with Gasteiger partial charge < -0.3 is 15.5 Å². The summed E-state index contributed by atoms with van der Waals surface area (Å²) in [6.07, 6.45) is 7.20. The number of thiazole rings is 1. The number of hydrogen-bond donors (Lipinski definition) is 3. The summed E-state index contributed by atoms with van der Waals surface area (Å²) in [5.41, 5.74) is 3.43. The molecule has 170 valence electrons. The van der Waals surface area contributed by atoms with Crippen molar-refractivity contribution >= 4 is 50.7 Å². The number of rotatable bonds is 6. The Kier molecular flexibility index (Phi) is 5.55. The molecule has 3 aromatic heterocycles. The molecule has 1 aromatic carbocycles. The highest BCUT2D eigenvalue weighted by molar-refractivity contribution is 7.17. The van der Waals surface area contributed by atoms with Gasteiger partial charge in [0.2, 0.25) is 5.91 Å². The summed E-state index contributed by atoms with van der Waals surface area (Å²) in [7, 11) is 0. The predicted octanol–water partition coefficient (Wildman–Crippen LogP) is 3.45. The summed E-state index contributed by atoms with van der Waals surface area (Å²) < 4.78 is 1.65. The fourth-order valence-corrected chi connectivity index (χ4v) is 4.65. The summed E-state index contributed by atoms with van der Waals surface area (Å²) in [5, 5.41) is 19.0. The Bertz CT molecular complexity index is 1330. The molecule has 0 saturated carbocycles. The van der Waals surface area contributed by atoms with Crippen LogP contribution < -0.4 is 10.6 Å². The highest BCUT2D eigenvalue weighted by Crippen LogP contribution is 2.28. The van der Waals surface area contributed by atoms with Crippen LogP contribution >= 0.6 is 11.3 Å². The molecule has 0 aliphatic carbocycles. The normalized spacial score (nSPS) is 13.6. The minimum absolute atomic E-state index is 0.0812. The molecule has 0 atom stereocenters. The van der Waals surface area contributed by atoms with Gasteiger partial charge in [-0.1, -0.05) is 17.4 Å². The van der Waals surface area contributed by atoms with Crippen molar-refractivity contribution in [1.29, 1.82) is 0 Å². The molecule has 5 rings (SSSR count). The van der Waals surface area contributed by atoms with Crippen LogP contribution in [0, 0.1) is 13.8 Å². The Morgan fingerprint density at radius 2 is 1.97 bits per heavy atom. The van der Waals surface area contributed by atoms with Crippen molar-refractivity contribution in [3.63, 3.8) is 0 Å². The molecule has 0 spiro atoms. The smallest absolute Gasteiger partial charge is 0.267 e. The van der Waals surface area contributed by atoms with E-state index in [4.69, 9.17) is 0 Å². The molecule has 4 aromatic rings. The number of H-pyrrole nitrogens is 1. The minimum atomic E-state index is -0.240. The number of hydrogen-bond acceptors (Lipinski definition) is 7. The Hall–Kier alpha value is -3.73. The van der Waals surface area contributed by atoms with Crippen molar-refractivity contribution in [2.75, 3.05) is 23.7 Å². The molecule has 0 bridgehead atoms. The zero-order chi connectivity index (χ0) is 22.9. The number of nitrogens with one attached hydrogen (secondary N) is 3. The van der Waals surface area contributed by atoms with Crippen LogP contribution in [0.5, 0.6) is 0 Å². The second kappa shape index (κ2) is 8.66. The van der Waals surface area contributed by atoms with Gasteiger partial charge in [-0.05, 0) is 38.3 Å². The molecule has 1 aliphatic heterocycles. The van der Waals surface area contributed by atoms with E-state index < -0.39 is 0 Å². The van der Waals surface area contributed by atoms with Crippen LogP contribution in [0.1, 0.15) is 33.6 Å². The number of aromatic amines is 1. The highest BCUT2D eigenvalue weighted by atomic mass is 32.1. The van der Waals surface area contributed by atoms with E-state index >= 15 is 0 Å². The second-order valence-corrected chi connectivity index (χ2v) is 9.17. The molecule has 0 unspecified atom stereocenters. The number of likely N-dealkylation sites (tertiary alicyclic amines) is 1. The van der Waals surface area contributed by atoms with Crippen LogP contribution in [0.4, 0.5) is 16.6 Å². The van der Waals surface area contributed by atoms with E-state index in [1.54, 1.807) is 10.9 Å². The van der Waals surface area contributed by atoms with E-state index in [1.807, 2.05) is 37.1 Å². The monoisotopic (exact) mass is 464 g/mol. The van der Waals surface area contributed by atoms with Gasteiger partial charge in [0.05, 0.1) is 23.6 Å². The third-order valence-electron chi connectivity index (χ3n) is 5.73. The fourth-order valence-electron chi connectivity index (χ4n) is 3.94. The van der Waals surface area contributed by atoms with Gasteiger partial charge in [-0.15, -0.1) is 0 Å². The molecule has 1 saturated heterocycles. The topological polar surface area (TPSA) is 121 Å². The Morgan fingerprint density at radius 3 is 2.79 bits per heavy atom. The first-order chi connectivity index (χ1) is 16.0. The van der Waals surface area contributed by atoms with Crippen LogP contribution in [-0.4, -0.2) is 54.8 Å². The second-order valence-electron chi connectivity index (χ2n) is 8.14. The van der Waals surface area contributed by atoms with Gasteiger partial charge in [0.15, 0.2) is 10.9 Å². The zero-order valence-electron chi connectivity index (χ0n) is 18.4. The van der Waals surface area contributed by atoms with Gasteiger partial charge >= 0.3 is 0 Å². The van der Waals surface area contributed by atoms with Crippen molar-refractivity contribution in [1.82, 2.24) is 29.9 Å². The van der Waals surface area contributed by atoms with Gasteiger partial charge in [-0.25, -0.2) is 4.98 Å². The van der Waals surface area contributed by atoms with Crippen LogP contribution in [0.3, 0.4) is 0 Å². The quantitative estimate of drug-likeness (QED) is 0.402. The average Bonchev–Trinajstić information content (AvgIpc) is 3.58. The summed E-state index contributed by atoms with van der Waals surface area (Å²) in [6.45, 7) is 5.72. The molecule has 1 aliphatic rings.